The van der Waals surface area contributed by atoms with Crippen LogP contribution >= 0.6 is 0 Å². The molecule has 0 saturated carbocycles. The predicted molar refractivity (Wildman–Crippen MR) is 112 cm³/mol. The van der Waals surface area contributed by atoms with Gasteiger partial charge in [0.15, 0.2) is 0 Å². The van der Waals surface area contributed by atoms with Crippen LogP contribution in [0.1, 0.15) is 44.7 Å². The van der Waals surface area contributed by atoms with Gasteiger partial charge in [-0.2, -0.15) is 0 Å². The quantitative estimate of drug-likeness (QED) is 0.819. The smallest absolute Gasteiger partial charge is 0.251 e. The Kier molecular flexibility index (Phi) is 6.65. The minimum Gasteiger partial charge on any atom is -0.349 e. The average molecular weight is 393 g/mol. The molecule has 0 atom stereocenters. The van der Waals surface area contributed by atoms with Gasteiger partial charge < -0.3 is 15.5 Å². The highest BCUT2D eigenvalue weighted by Gasteiger charge is 2.24. The van der Waals surface area contributed by atoms with E-state index in [4.69, 9.17) is 0 Å². The zero-order valence-corrected chi connectivity index (χ0v) is 16.9. The lowest BCUT2D eigenvalue weighted by Crippen LogP contribution is -2.49. The Bertz CT molecular complexity index is 887. The maximum atomic E-state index is 12.5. The molecular weight excluding hydrogens is 366 g/mol. The van der Waals surface area contributed by atoms with Crippen LogP contribution in [-0.2, 0) is 4.79 Å². The van der Waals surface area contributed by atoms with Crippen LogP contribution in [0.3, 0.4) is 0 Å². The highest BCUT2D eigenvalue weighted by atomic mass is 16.2. The number of piperidine rings is 1. The molecule has 2 N–H and O–H groups in total. The number of amides is 3. The van der Waals surface area contributed by atoms with Crippen LogP contribution in [0.2, 0.25) is 0 Å². The molecule has 3 amide bonds. The van der Waals surface area contributed by atoms with E-state index in [9.17, 15) is 14.4 Å². The Balaban J connectivity index is 1.43. The van der Waals surface area contributed by atoms with Gasteiger partial charge in [-0.05, 0) is 62.1 Å². The van der Waals surface area contributed by atoms with Crippen LogP contribution in [0, 0.1) is 13.8 Å². The maximum Gasteiger partial charge on any atom is 0.251 e. The molecule has 1 fully saturated rings. The number of nitrogens with zero attached hydrogens (tertiary/aromatic N) is 1. The summed E-state index contributed by atoms with van der Waals surface area (Å²) in [6.07, 6.45) is 1.41. The summed E-state index contributed by atoms with van der Waals surface area (Å²) in [7, 11) is 0. The van der Waals surface area contributed by atoms with E-state index < -0.39 is 0 Å². The molecule has 1 aliphatic heterocycles. The average Bonchev–Trinajstić information content (AvgIpc) is 2.74. The highest BCUT2D eigenvalue weighted by molar-refractivity contribution is 5.96. The zero-order chi connectivity index (χ0) is 20.8. The van der Waals surface area contributed by atoms with Crippen LogP contribution in [0.25, 0.3) is 0 Å². The van der Waals surface area contributed by atoms with Gasteiger partial charge in [-0.25, -0.2) is 0 Å². The lowest BCUT2D eigenvalue weighted by atomic mass is 10.0. The van der Waals surface area contributed by atoms with E-state index in [0.717, 1.165) is 11.1 Å². The number of carbonyl (C=O) groups is 3. The van der Waals surface area contributed by atoms with Gasteiger partial charge in [0.05, 0.1) is 6.54 Å². The second-order valence-electron chi connectivity index (χ2n) is 7.48. The van der Waals surface area contributed by atoms with Crippen molar-refractivity contribution in [1.82, 2.24) is 15.5 Å². The molecule has 6 heteroatoms. The van der Waals surface area contributed by atoms with Gasteiger partial charge >= 0.3 is 0 Å². The summed E-state index contributed by atoms with van der Waals surface area (Å²) < 4.78 is 0. The molecular formula is C23H27N3O3. The summed E-state index contributed by atoms with van der Waals surface area (Å²) in [6.45, 7) is 5.13. The summed E-state index contributed by atoms with van der Waals surface area (Å²) >= 11 is 0. The van der Waals surface area contributed by atoms with E-state index in [1.165, 1.54) is 0 Å². The predicted octanol–water partition coefficient (Wildman–Crippen LogP) is 2.45. The third-order valence-electron chi connectivity index (χ3n) is 5.39. The molecule has 3 rings (SSSR count). The van der Waals surface area contributed by atoms with Gasteiger partial charge in [0.1, 0.15) is 0 Å². The van der Waals surface area contributed by atoms with Crippen molar-refractivity contribution in [1.29, 1.82) is 0 Å². The molecule has 6 nitrogen and oxygen atoms in total. The molecule has 0 unspecified atom stereocenters. The molecule has 1 saturated heterocycles. The van der Waals surface area contributed by atoms with E-state index in [0.29, 0.717) is 37.1 Å². The maximum absolute atomic E-state index is 12.5. The fourth-order valence-electron chi connectivity index (χ4n) is 3.38. The first-order chi connectivity index (χ1) is 13.9. The number of rotatable bonds is 5. The molecule has 0 aromatic heterocycles. The van der Waals surface area contributed by atoms with E-state index in [2.05, 4.69) is 10.6 Å². The van der Waals surface area contributed by atoms with Gasteiger partial charge in [-0.3, -0.25) is 14.4 Å². The molecule has 29 heavy (non-hydrogen) atoms. The summed E-state index contributed by atoms with van der Waals surface area (Å²) in [5.41, 5.74) is 3.45. The molecule has 2 aromatic carbocycles. The third kappa shape index (κ3) is 5.44. The molecule has 0 bridgehead atoms. The van der Waals surface area contributed by atoms with Gasteiger partial charge in [-0.1, -0.05) is 24.3 Å². The first kappa shape index (κ1) is 20.6. The highest BCUT2D eigenvalue weighted by Crippen LogP contribution is 2.13. The Labute approximate surface area is 171 Å². The Morgan fingerprint density at radius 1 is 0.897 bits per heavy atom. The number of carbonyl (C=O) groups excluding carboxylic acids is 3. The second kappa shape index (κ2) is 9.37. The fraction of sp³-hybridized carbons (Fsp3) is 0.348. The monoisotopic (exact) mass is 393 g/mol. The van der Waals surface area contributed by atoms with Gasteiger partial charge in [0.25, 0.3) is 11.8 Å². The normalized spacial score (nSPS) is 14.3. The van der Waals surface area contributed by atoms with E-state index >= 15 is 0 Å². The zero-order valence-electron chi connectivity index (χ0n) is 16.9. The van der Waals surface area contributed by atoms with Crippen molar-refractivity contribution in [2.75, 3.05) is 19.6 Å². The summed E-state index contributed by atoms with van der Waals surface area (Å²) in [5.74, 6) is -0.435. The van der Waals surface area contributed by atoms with Crippen molar-refractivity contribution in [2.45, 2.75) is 32.7 Å². The van der Waals surface area contributed by atoms with Gasteiger partial charge in [-0.15, -0.1) is 0 Å². The Morgan fingerprint density at radius 2 is 1.59 bits per heavy atom. The number of aryl methyl sites for hydroxylation is 2. The Hall–Kier alpha value is -3.15. The van der Waals surface area contributed by atoms with Crippen LogP contribution in [0.15, 0.2) is 48.5 Å². The van der Waals surface area contributed by atoms with Crippen molar-refractivity contribution < 1.29 is 14.4 Å². The van der Waals surface area contributed by atoms with Crippen molar-refractivity contribution in [3.63, 3.8) is 0 Å². The number of nitrogens with one attached hydrogen (secondary N) is 2. The Morgan fingerprint density at radius 3 is 2.24 bits per heavy atom. The molecule has 1 aliphatic rings. The topological polar surface area (TPSA) is 78.5 Å². The summed E-state index contributed by atoms with van der Waals surface area (Å²) in [4.78, 5) is 38.6. The number of likely N-dealkylation sites (tertiary alicyclic amines) is 1. The van der Waals surface area contributed by atoms with Crippen LogP contribution in [0.5, 0.6) is 0 Å². The van der Waals surface area contributed by atoms with Gasteiger partial charge in [0.2, 0.25) is 5.91 Å². The van der Waals surface area contributed by atoms with Crippen molar-refractivity contribution in [3.8, 4) is 0 Å². The van der Waals surface area contributed by atoms with Crippen molar-refractivity contribution >= 4 is 17.7 Å². The largest absolute Gasteiger partial charge is 0.349 e. The molecule has 2 aromatic rings. The third-order valence-corrected chi connectivity index (χ3v) is 5.39. The van der Waals surface area contributed by atoms with Crippen LogP contribution < -0.4 is 10.6 Å². The van der Waals surface area contributed by atoms with Gasteiger partial charge in [0, 0.05) is 30.3 Å². The van der Waals surface area contributed by atoms with E-state index in [1.54, 1.807) is 29.2 Å². The lowest BCUT2D eigenvalue weighted by Gasteiger charge is -2.32. The van der Waals surface area contributed by atoms with Crippen LogP contribution in [-0.4, -0.2) is 48.3 Å². The van der Waals surface area contributed by atoms with Crippen molar-refractivity contribution in [3.05, 3.63) is 70.8 Å². The first-order valence-corrected chi connectivity index (χ1v) is 9.93. The second-order valence-corrected chi connectivity index (χ2v) is 7.48. The van der Waals surface area contributed by atoms with Crippen molar-refractivity contribution in [2.24, 2.45) is 0 Å². The number of benzene rings is 2. The van der Waals surface area contributed by atoms with E-state index in [1.807, 2.05) is 38.1 Å². The SMILES string of the molecule is Cc1ccc(C(=O)NC2CCN(C(=O)CNC(=O)c3ccccc3)CC2)cc1C. The standard InChI is InChI=1S/C23H27N3O3/c1-16-8-9-19(14-17(16)2)23(29)25-20-10-12-26(13-11-20)21(27)15-24-22(28)18-6-4-3-5-7-18/h3-9,14,20H,10-13,15H2,1-2H3,(H,24,28)(H,25,29). The number of hydrogen-bond acceptors (Lipinski definition) is 3. The molecule has 152 valence electrons. The molecule has 1 heterocycles. The summed E-state index contributed by atoms with van der Waals surface area (Å²) in [5, 5.41) is 5.74. The minimum atomic E-state index is -0.255. The molecule has 0 spiro atoms. The number of hydrogen-bond donors (Lipinski definition) is 2. The fourth-order valence-corrected chi connectivity index (χ4v) is 3.38. The minimum absolute atomic E-state index is 0.0204. The van der Waals surface area contributed by atoms with Crippen LogP contribution in [0.4, 0.5) is 0 Å². The molecule has 0 aliphatic carbocycles. The molecule has 0 radical (unpaired) electrons. The van der Waals surface area contributed by atoms with E-state index in [-0.39, 0.29) is 30.3 Å². The summed E-state index contributed by atoms with van der Waals surface area (Å²) in [6, 6.07) is 14.6. The lowest BCUT2D eigenvalue weighted by molar-refractivity contribution is -0.131. The first-order valence-electron chi connectivity index (χ1n) is 9.93.